The molecule has 0 spiro atoms. The fraction of sp³-hybridized carbons (Fsp3) is 0.533. The Morgan fingerprint density at radius 2 is 2.27 bits per heavy atom. The standard InChI is InChI=1S/C14H15N3O3S.CH4/c1-20-7-9-5-8-6-15-14-16-12(8)17(13(9)18)10-3-2-4-11(10)21(14)19;/h5-6,10-11H,2-4,7H2,1H3;1H4. The lowest BCUT2D eigenvalue weighted by atomic mass is 10.1. The van der Waals surface area contributed by atoms with Crippen LogP contribution < -0.4 is 5.56 Å². The minimum Gasteiger partial charge on any atom is -0.380 e. The second-order valence-electron chi connectivity index (χ2n) is 5.54. The van der Waals surface area contributed by atoms with Crippen LogP contribution in [0.15, 0.2) is 22.2 Å². The molecule has 0 amide bonds. The molecule has 3 unspecified atom stereocenters. The minimum atomic E-state index is -1.24. The number of fused-ring (bicyclic) bond motifs is 3. The summed E-state index contributed by atoms with van der Waals surface area (Å²) in [6.07, 6.45) is 4.35. The van der Waals surface area contributed by atoms with Crippen LogP contribution in [-0.4, -0.2) is 31.1 Å². The van der Waals surface area contributed by atoms with E-state index in [0.717, 1.165) is 24.6 Å². The van der Waals surface area contributed by atoms with E-state index in [1.807, 2.05) is 0 Å². The van der Waals surface area contributed by atoms with Crippen LogP contribution in [0.1, 0.15) is 38.3 Å². The Labute approximate surface area is 131 Å². The molecule has 4 rings (SSSR count). The first-order valence-electron chi connectivity index (χ1n) is 7.01. The number of rotatable bonds is 2. The Balaban J connectivity index is 0.00000144. The zero-order chi connectivity index (χ0) is 14.6. The normalized spacial score (nSPS) is 25.8. The molecule has 1 fully saturated rings. The summed E-state index contributed by atoms with van der Waals surface area (Å²) in [5, 5.41) is 1.09. The van der Waals surface area contributed by atoms with E-state index >= 15 is 0 Å². The van der Waals surface area contributed by atoms with Gasteiger partial charge in [-0.05, 0) is 18.9 Å². The van der Waals surface area contributed by atoms with Crippen molar-refractivity contribution in [2.45, 2.75) is 49.7 Å². The summed E-state index contributed by atoms with van der Waals surface area (Å²) in [6, 6.07) is 1.73. The molecule has 1 saturated carbocycles. The van der Waals surface area contributed by atoms with Crippen molar-refractivity contribution in [2.24, 2.45) is 0 Å². The highest BCUT2D eigenvalue weighted by molar-refractivity contribution is 7.85. The van der Waals surface area contributed by atoms with Crippen LogP contribution in [0.3, 0.4) is 0 Å². The summed E-state index contributed by atoms with van der Waals surface area (Å²) in [6.45, 7) is 0.261. The van der Waals surface area contributed by atoms with Crippen LogP contribution >= 0.6 is 0 Å². The van der Waals surface area contributed by atoms with Gasteiger partial charge in [-0.3, -0.25) is 13.6 Å². The molecule has 2 aromatic heterocycles. The highest BCUT2D eigenvalue weighted by atomic mass is 32.2. The van der Waals surface area contributed by atoms with Crippen molar-refractivity contribution in [3.8, 4) is 0 Å². The van der Waals surface area contributed by atoms with Gasteiger partial charge in [-0.1, -0.05) is 13.8 Å². The Hall–Kier alpha value is -1.60. The summed E-state index contributed by atoms with van der Waals surface area (Å²) >= 11 is 0. The first-order valence-corrected chi connectivity index (χ1v) is 8.22. The highest BCUT2D eigenvalue weighted by Gasteiger charge is 2.39. The van der Waals surface area contributed by atoms with E-state index < -0.39 is 10.8 Å². The molecule has 22 heavy (non-hydrogen) atoms. The summed E-state index contributed by atoms with van der Waals surface area (Å²) in [4.78, 5) is 21.4. The van der Waals surface area contributed by atoms with Gasteiger partial charge in [0.25, 0.3) is 5.56 Å². The lowest BCUT2D eigenvalue weighted by Crippen LogP contribution is -2.32. The van der Waals surface area contributed by atoms with Gasteiger partial charge in [0.15, 0.2) is 0 Å². The maximum Gasteiger partial charge on any atom is 0.258 e. The van der Waals surface area contributed by atoms with E-state index in [2.05, 4.69) is 9.97 Å². The number of methoxy groups -OCH3 is 1. The minimum absolute atomic E-state index is 0. The van der Waals surface area contributed by atoms with Gasteiger partial charge in [-0.15, -0.1) is 0 Å². The maximum atomic E-state index is 12.8. The molecular weight excluding hydrogens is 302 g/mol. The Kier molecular flexibility index (Phi) is 3.86. The molecule has 0 radical (unpaired) electrons. The predicted molar refractivity (Wildman–Crippen MR) is 84.3 cm³/mol. The number of ether oxygens (including phenoxy) is 1. The molecule has 1 aliphatic carbocycles. The van der Waals surface area contributed by atoms with Gasteiger partial charge in [-0.25, -0.2) is 9.97 Å². The van der Waals surface area contributed by atoms with Crippen LogP contribution in [0.5, 0.6) is 0 Å². The number of hydrogen-bond acceptors (Lipinski definition) is 5. The molecule has 2 aliphatic rings. The van der Waals surface area contributed by atoms with Gasteiger partial charge in [0.1, 0.15) is 5.65 Å². The number of hydrogen-bond donors (Lipinski definition) is 0. The van der Waals surface area contributed by atoms with Crippen LogP contribution in [0.25, 0.3) is 11.0 Å². The van der Waals surface area contributed by atoms with E-state index in [1.165, 1.54) is 0 Å². The van der Waals surface area contributed by atoms with Crippen molar-refractivity contribution in [3.63, 3.8) is 0 Å². The summed E-state index contributed by atoms with van der Waals surface area (Å²) in [7, 11) is 0.329. The molecule has 118 valence electrons. The Morgan fingerprint density at radius 3 is 3.05 bits per heavy atom. The van der Waals surface area contributed by atoms with Crippen LogP contribution in [0.4, 0.5) is 0 Å². The lowest BCUT2D eigenvalue weighted by molar-refractivity contribution is 0.183. The quantitative estimate of drug-likeness (QED) is 0.788. The van der Waals surface area contributed by atoms with Crippen molar-refractivity contribution >= 4 is 21.8 Å². The summed E-state index contributed by atoms with van der Waals surface area (Å²) in [5.74, 6) is 0. The van der Waals surface area contributed by atoms with Gasteiger partial charge >= 0.3 is 0 Å². The first-order chi connectivity index (χ1) is 10.2. The third kappa shape index (κ3) is 2.03. The first kappa shape index (κ1) is 15.3. The molecule has 1 aliphatic heterocycles. The molecule has 0 aromatic carbocycles. The Morgan fingerprint density at radius 1 is 1.45 bits per heavy atom. The number of pyridine rings is 1. The van der Waals surface area contributed by atoms with E-state index in [-0.39, 0.29) is 30.9 Å². The predicted octanol–water partition coefficient (Wildman–Crippen LogP) is 1.79. The molecule has 2 bridgehead atoms. The summed E-state index contributed by atoms with van der Waals surface area (Å²) < 4.78 is 19.5. The topological polar surface area (TPSA) is 74.1 Å². The van der Waals surface area contributed by atoms with E-state index in [4.69, 9.17) is 4.74 Å². The van der Waals surface area contributed by atoms with Crippen molar-refractivity contribution in [2.75, 3.05) is 7.11 Å². The maximum absolute atomic E-state index is 12.8. The third-order valence-electron chi connectivity index (χ3n) is 4.33. The van der Waals surface area contributed by atoms with Crippen LogP contribution in [0, 0.1) is 0 Å². The molecule has 6 nitrogen and oxygen atoms in total. The SMILES string of the molecule is C.COCc1cc2cnc3nc2n(c1=O)C1CCCC1S3=O. The van der Waals surface area contributed by atoms with Gasteiger partial charge in [0, 0.05) is 24.3 Å². The smallest absolute Gasteiger partial charge is 0.258 e. The van der Waals surface area contributed by atoms with Gasteiger partial charge < -0.3 is 4.74 Å². The van der Waals surface area contributed by atoms with Crippen molar-refractivity contribution in [1.82, 2.24) is 14.5 Å². The van der Waals surface area contributed by atoms with Crippen molar-refractivity contribution in [3.05, 3.63) is 28.2 Å². The van der Waals surface area contributed by atoms with Gasteiger partial charge in [0.05, 0.1) is 28.7 Å². The van der Waals surface area contributed by atoms with E-state index in [1.54, 1.807) is 23.9 Å². The molecule has 2 aromatic rings. The second-order valence-corrected chi connectivity index (χ2v) is 7.11. The molecule has 0 saturated heterocycles. The van der Waals surface area contributed by atoms with Crippen molar-refractivity contribution < 1.29 is 8.95 Å². The lowest BCUT2D eigenvalue weighted by Gasteiger charge is -2.19. The number of aromatic nitrogens is 3. The Bertz CT molecular complexity index is 818. The van der Waals surface area contributed by atoms with Crippen molar-refractivity contribution in [1.29, 1.82) is 0 Å². The fourth-order valence-corrected chi connectivity index (χ4v) is 4.94. The monoisotopic (exact) mass is 321 g/mol. The molecular formula is C15H19N3O3S. The molecule has 0 N–H and O–H groups in total. The second kappa shape index (κ2) is 5.55. The van der Waals surface area contributed by atoms with Crippen LogP contribution in [0.2, 0.25) is 0 Å². The fourth-order valence-electron chi connectivity index (χ4n) is 3.41. The zero-order valence-corrected chi connectivity index (χ0v) is 12.4. The molecule has 7 heteroatoms. The molecule has 3 heterocycles. The van der Waals surface area contributed by atoms with Gasteiger partial charge in [-0.2, -0.15) is 0 Å². The zero-order valence-electron chi connectivity index (χ0n) is 11.6. The largest absolute Gasteiger partial charge is 0.380 e. The van der Waals surface area contributed by atoms with Gasteiger partial charge in [0.2, 0.25) is 5.16 Å². The van der Waals surface area contributed by atoms with E-state index in [0.29, 0.717) is 16.4 Å². The highest BCUT2D eigenvalue weighted by Crippen LogP contribution is 2.38. The van der Waals surface area contributed by atoms with E-state index in [9.17, 15) is 9.00 Å². The number of nitrogens with zero attached hydrogens (tertiary/aromatic N) is 3. The van der Waals surface area contributed by atoms with Crippen LogP contribution in [-0.2, 0) is 22.1 Å². The average Bonchev–Trinajstić information content (AvgIpc) is 2.93. The molecule has 3 atom stereocenters. The third-order valence-corrected chi connectivity index (χ3v) is 5.99. The summed E-state index contributed by atoms with van der Waals surface area (Å²) in [5.41, 5.74) is 1.12. The average molecular weight is 321 g/mol.